The zero-order chi connectivity index (χ0) is 15.9. The van der Waals surface area contributed by atoms with Crippen LogP contribution in [0.1, 0.15) is 18.1 Å². The van der Waals surface area contributed by atoms with Crippen molar-refractivity contribution in [1.29, 1.82) is 0 Å². The zero-order valence-electron chi connectivity index (χ0n) is 12.9. The summed E-state index contributed by atoms with van der Waals surface area (Å²) in [6, 6.07) is 11.6. The van der Waals surface area contributed by atoms with Crippen molar-refractivity contribution in [2.75, 3.05) is 19.1 Å². The molecule has 0 unspecified atom stereocenters. The molecule has 1 N–H and O–H groups in total. The molecule has 5 heteroatoms. The summed E-state index contributed by atoms with van der Waals surface area (Å²) in [5.74, 6) is 1.14. The number of para-hydroxylation sites is 1. The summed E-state index contributed by atoms with van der Waals surface area (Å²) in [5, 5.41) is 4.73. The Bertz CT molecular complexity index is 672. The van der Waals surface area contributed by atoms with Gasteiger partial charge in [-0.2, -0.15) is 5.10 Å². The van der Waals surface area contributed by atoms with Crippen LogP contribution in [0, 0.1) is 6.92 Å². The molecule has 0 aliphatic heterocycles. The number of halogens is 1. The molecule has 0 fully saturated rings. The molecule has 0 saturated carbocycles. The molecule has 2 aromatic carbocycles. The number of hydrazone groups is 1. The maximum atomic E-state index is 6.20. The van der Waals surface area contributed by atoms with Crippen LogP contribution in [0.4, 0.5) is 5.69 Å². The molecule has 0 heterocycles. The summed E-state index contributed by atoms with van der Waals surface area (Å²) in [7, 11) is 1.57. The zero-order valence-corrected chi connectivity index (χ0v) is 13.6. The first-order valence-corrected chi connectivity index (χ1v) is 7.38. The van der Waals surface area contributed by atoms with Crippen LogP contribution < -0.4 is 14.9 Å². The lowest BCUT2D eigenvalue weighted by Crippen LogP contribution is -1.98. The van der Waals surface area contributed by atoms with E-state index in [1.165, 1.54) is 0 Å². The van der Waals surface area contributed by atoms with Gasteiger partial charge in [-0.1, -0.05) is 29.8 Å². The van der Waals surface area contributed by atoms with E-state index in [1.54, 1.807) is 19.4 Å². The molecule has 0 saturated heterocycles. The molecule has 0 aliphatic carbocycles. The normalized spacial score (nSPS) is 10.7. The van der Waals surface area contributed by atoms with Crippen molar-refractivity contribution in [3.8, 4) is 11.5 Å². The number of nitrogens with one attached hydrogen (secondary N) is 1. The van der Waals surface area contributed by atoms with Crippen molar-refractivity contribution < 1.29 is 9.47 Å². The van der Waals surface area contributed by atoms with E-state index < -0.39 is 0 Å². The fourth-order valence-electron chi connectivity index (χ4n) is 2.00. The Morgan fingerprint density at radius 1 is 1.27 bits per heavy atom. The number of rotatable bonds is 6. The minimum Gasteiger partial charge on any atom is -0.491 e. The van der Waals surface area contributed by atoms with Gasteiger partial charge in [-0.3, -0.25) is 5.43 Å². The van der Waals surface area contributed by atoms with Crippen molar-refractivity contribution in [2.45, 2.75) is 13.8 Å². The Morgan fingerprint density at radius 3 is 2.73 bits per heavy atom. The lowest BCUT2D eigenvalue weighted by Gasteiger charge is -2.11. The van der Waals surface area contributed by atoms with Gasteiger partial charge in [-0.25, -0.2) is 0 Å². The predicted octanol–water partition coefficient (Wildman–Crippen LogP) is 4.50. The quantitative estimate of drug-likeness (QED) is 0.630. The van der Waals surface area contributed by atoms with E-state index in [2.05, 4.69) is 10.5 Å². The Kier molecular flexibility index (Phi) is 5.67. The lowest BCUT2D eigenvalue weighted by atomic mass is 10.2. The van der Waals surface area contributed by atoms with Gasteiger partial charge in [0.25, 0.3) is 0 Å². The van der Waals surface area contributed by atoms with Gasteiger partial charge in [0.1, 0.15) is 0 Å². The molecule has 0 spiro atoms. The summed E-state index contributed by atoms with van der Waals surface area (Å²) in [5.41, 5.74) is 5.93. The summed E-state index contributed by atoms with van der Waals surface area (Å²) in [6.45, 7) is 4.47. The van der Waals surface area contributed by atoms with Crippen LogP contribution in [0.15, 0.2) is 41.5 Å². The Balaban J connectivity index is 2.19. The van der Waals surface area contributed by atoms with Crippen molar-refractivity contribution in [3.05, 3.63) is 52.5 Å². The third-order valence-corrected chi connectivity index (χ3v) is 3.36. The Morgan fingerprint density at radius 2 is 2.05 bits per heavy atom. The van der Waals surface area contributed by atoms with E-state index in [-0.39, 0.29) is 0 Å². The fraction of sp³-hybridized carbons (Fsp3) is 0.235. The molecule has 116 valence electrons. The van der Waals surface area contributed by atoms with E-state index in [0.717, 1.165) is 16.8 Å². The highest BCUT2D eigenvalue weighted by Crippen LogP contribution is 2.35. The number of hydrogen-bond donors (Lipinski definition) is 1. The number of nitrogens with zero attached hydrogens (tertiary/aromatic N) is 1. The maximum Gasteiger partial charge on any atom is 0.179 e. The van der Waals surface area contributed by atoms with Crippen LogP contribution in [0.3, 0.4) is 0 Å². The third-order valence-electron chi connectivity index (χ3n) is 3.08. The van der Waals surface area contributed by atoms with Crippen LogP contribution in [0.5, 0.6) is 11.5 Å². The van der Waals surface area contributed by atoms with Crippen LogP contribution in [0.2, 0.25) is 5.02 Å². The summed E-state index contributed by atoms with van der Waals surface area (Å²) in [4.78, 5) is 0. The number of ether oxygens (including phenoxy) is 2. The number of anilines is 1. The Hall–Kier alpha value is -2.20. The summed E-state index contributed by atoms with van der Waals surface area (Å²) in [6.07, 6.45) is 1.69. The van der Waals surface area contributed by atoms with Gasteiger partial charge in [0.05, 0.1) is 30.6 Å². The number of hydrogen-bond acceptors (Lipinski definition) is 4. The van der Waals surface area contributed by atoms with Crippen molar-refractivity contribution in [2.24, 2.45) is 5.10 Å². The molecule has 0 aromatic heterocycles. The monoisotopic (exact) mass is 318 g/mol. The fourth-order valence-corrected chi connectivity index (χ4v) is 2.29. The highest BCUT2D eigenvalue weighted by Gasteiger charge is 2.10. The SMILES string of the molecule is CCOc1cc(/C=N\Nc2ccccc2C)cc(Cl)c1OC. The van der Waals surface area contributed by atoms with Crippen molar-refractivity contribution in [1.82, 2.24) is 0 Å². The molecular formula is C17H19ClN2O2. The molecule has 4 nitrogen and oxygen atoms in total. The molecule has 0 amide bonds. The standard InChI is InChI=1S/C17H19ClN2O2/c1-4-22-16-10-13(9-14(18)17(16)21-3)11-19-20-15-8-6-5-7-12(15)2/h5-11,20H,4H2,1-3H3/b19-11-. The van der Waals surface area contributed by atoms with Gasteiger partial charge in [0, 0.05) is 0 Å². The van der Waals surface area contributed by atoms with Gasteiger partial charge < -0.3 is 9.47 Å². The largest absolute Gasteiger partial charge is 0.491 e. The Labute approximate surface area is 135 Å². The van der Waals surface area contributed by atoms with Crippen LogP contribution in [0.25, 0.3) is 0 Å². The van der Waals surface area contributed by atoms with Crippen molar-refractivity contribution in [3.63, 3.8) is 0 Å². The van der Waals surface area contributed by atoms with E-state index in [9.17, 15) is 0 Å². The first kappa shape index (κ1) is 16.2. The van der Waals surface area contributed by atoms with Gasteiger partial charge in [-0.15, -0.1) is 0 Å². The van der Waals surface area contributed by atoms with E-state index in [1.807, 2.05) is 44.2 Å². The van der Waals surface area contributed by atoms with Gasteiger partial charge in [-0.05, 0) is 43.2 Å². The highest BCUT2D eigenvalue weighted by atomic mass is 35.5. The average molecular weight is 319 g/mol. The van der Waals surface area contributed by atoms with Crippen LogP contribution >= 0.6 is 11.6 Å². The molecule has 0 aliphatic rings. The van der Waals surface area contributed by atoms with E-state index in [0.29, 0.717) is 23.1 Å². The average Bonchev–Trinajstić information content (AvgIpc) is 2.49. The third kappa shape index (κ3) is 3.92. The molecule has 0 atom stereocenters. The number of aryl methyl sites for hydroxylation is 1. The minimum atomic E-state index is 0.491. The van der Waals surface area contributed by atoms with Gasteiger partial charge in [0.2, 0.25) is 0 Å². The molecular weight excluding hydrogens is 300 g/mol. The predicted molar refractivity (Wildman–Crippen MR) is 91.6 cm³/mol. The maximum absolute atomic E-state index is 6.20. The minimum absolute atomic E-state index is 0.491. The topological polar surface area (TPSA) is 42.8 Å². The first-order valence-electron chi connectivity index (χ1n) is 7.00. The second kappa shape index (κ2) is 7.71. The van der Waals surface area contributed by atoms with E-state index >= 15 is 0 Å². The number of methoxy groups -OCH3 is 1. The molecule has 2 rings (SSSR count). The van der Waals surface area contributed by atoms with Crippen LogP contribution in [-0.4, -0.2) is 19.9 Å². The lowest BCUT2D eigenvalue weighted by molar-refractivity contribution is 0.311. The number of benzene rings is 2. The molecule has 0 radical (unpaired) electrons. The van der Waals surface area contributed by atoms with Crippen molar-refractivity contribution >= 4 is 23.5 Å². The van der Waals surface area contributed by atoms with Crippen LogP contribution in [-0.2, 0) is 0 Å². The smallest absolute Gasteiger partial charge is 0.179 e. The molecule has 0 bridgehead atoms. The highest BCUT2D eigenvalue weighted by molar-refractivity contribution is 6.32. The molecule has 2 aromatic rings. The molecule has 22 heavy (non-hydrogen) atoms. The second-order valence-corrected chi connectivity index (χ2v) is 5.06. The van der Waals surface area contributed by atoms with Gasteiger partial charge in [0.15, 0.2) is 11.5 Å². The first-order chi connectivity index (χ1) is 10.7. The summed E-state index contributed by atoms with van der Waals surface area (Å²) >= 11 is 6.20. The van der Waals surface area contributed by atoms with E-state index in [4.69, 9.17) is 21.1 Å². The second-order valence-electron chi connectivity index (χ2n) is 4.65. The summed E-state index contributed by atoms with van der Waals surface area (Å²) < 4.78 is 10.8. The van der Waals surface area contributed by atoms with Gasteiger partial charge >= 0.3 is 0 Å².